The SMILES string of the molecule is CC(Oc1ccc(C(C)C)cc1)C(=O)Nc1cccc(CNC(=O)C(F)(F)F)c1. The van der Waals surface area contributed by atoms with Gasteiger partial charge in [-0.3, -0.25) is 9.59 Å². The number of carbonyl (C=O) groups is 2. The van der Waals surface area contributed by atoms with Gasteiger partial charge in [0.05, 0.1) is 0 Å². The molecule has 2 aromatic rings. The number of benzene rings is 2. The average Bonchev–Trinajstić information content (AvgIpc) is 2.66. The minimum atomic E-state index is -4.94. The molecule has 0 aliphatic rings. The Kier molecular flexibility index (Phi) is 7.25. The number of amides is 2. The Morgan fingerprint density at radius 2 is 1.69 bits per heavy atom. The number of alkyl halides is 3. The van der Waals surface area contributed by atoms with Crippen molar-refractivity contribution in [3.05, 3.63) is 59.7 Å². The van der Waals surface area contributed by atoms with Crippen molar-refractivity contribution < 1.29 is 27.5 Å². The molecule has 29 heavy (non-hydrogen) atoms. The summed E-state index contributed by atoms with van der Waals surface area (Å²) in [6, 6.07) is 13.7. The number of rotatable bonds is 7. The van der Waals surface area contributed by atoms with Crippen LogP contribution in [0.3, 0.4) is 0 Å². The lowest BCUT2D eigenvalue weighted by Crippen LogP contribution is -2.36. The van der Waals surface area contributed by atoms with Crippen LogP contribution in [-0.2, 0) is 16.1 Å². The lowest BCUT2D eigenvalue weighted by molar-refractivity contribution is -0.173. The molecule has 156 valence electrons. The molecule has 2 N–H and O–H groups in total. The molecular formula is C21H23F3N2O3. The third-order valence-electron chi connectivity index (χ3n) is 4.13. The molecule has 0 aliphatic heterocycles. The molecule has 0 spiro atoms. The van der Waals surface area contributed by atoms with E-state index in [0.717, 1.165) is 5.56 Å². The van der Waals surface area contributed by atoms with Crippen molar-refractivity contribution in [2.24, 2.45) is 0 Å². The maximum absolute atomic E-state index is 12.3. The van der Waals surface area contributed by atoms with Crippen LogP contribution in [0.1, 0.15) is 37.8 Å². The van der Waals surface area contributed by atoms with Gasteiger partial charge in [0.25, 0.3) is 5.91 Å². The summed E-state index contributed by atoms with van der Waals surface area (Å²) < 4.78 is 42.4. The average molecular weight is 408 g/mol. The molecule has 2 amide bonds. The molecule has 5 nitrogen and oxygen atoms in total. The van der Waals surface area contributed by atoms with Crippen LogP contribution in [0.5, 0.6) is 5.75 Å². The Hall–Kier alpha value is -3.03. The molecular weight excluding hydrogens is 385 g/mol. The van der Waals surface area contributed by atoms with E-state index in [4.69, 9.17) is 4.74 Å². The predicted octanol–water partition coefficient (Wildman–Crippen LogP) is 4.39. The number of hydrogen-bond acceptors (Lipinski definition) is 3. The van der Waals surface area contributed by atoms with Gasteiger partial charge in [-0.25, -0.2) is 0 Å². The molecule has 0 aliphatic carbocycles. The molecule has 0 saturated heterocycles. The van der Waals surface area contributed by atoms with E-state index in [1.54, 1.807) is 42.6 Å². The van der Waals surface area contributed by atoms with Crippen LogP contribution in [-0.4, -0.2) is 24.1 Å². The van der Waals surface area contributed by atoms with Gasteiger partial charge in [0.15, 0.2) is 6.10 Å². The van der Waals surface area contributed by atoms with Crippen LogP contribution in [0.4, 0.5) is 18.9 Å². The van der Waals surface area contributed by atoms with E-state index < -0.39 is 24.1 Å². The van der Waals surface area contributed by atoms with E-state index in [2.05, 4.69) is 19.2 Å². The van der Waals surface area contributed by atoms with Crippen LogP contribution in [0.2, 0.25) is 0 Å². The molecule has 0 aromatic heterocycles. The summed E-state index contributed by atoms with van der Waals surface area (Å²) >= 11 is 0. The van der Waals surface area contributed by atoms with E-state index in [0.29, 0.717) is 22.9 Å². The van der Waals surface area contributed by atoms with Gasteiger partial charge in [0.2, 0.25) is 0 Å². The summed E-state index contributed by atoms with van der Waals surface area (Å²) in [5, 5.41) is 4.44. The Bertz CT molecular complexity index is 849. The summed E-state index contributed by atoms with van der Waals surface area (Å²) in [7, 11) is 0. The molecule has 2 aromatic carbocycles. The van der Waals surface area contributed by atoms with Crippen molar-refractivity contribution in [1.29, 1.82) is 0 Å². The van der Waals surface area contributed by atoms with Crippen molar-refractivity contribution in [3.63, 3.8) is 0 Å². The summed E-state index contributed by atoms with van der Waals surface area (Å²) in [4.78, 5) is 23.2. The van der Waals surface area contributed by atoms with E-state index in [-0.39, 0.29) is 6.54 Å². The summed E-state index contributed by atoms with van der Waals surface area (Å²) in [6.07, 6.45) is -5.72. The van der Waals surface area contributed by atoms with Gasteiger partial charge in [0.1, 0.15) is 5.75 Å². The number of nitrogens with one attached hydrogen (secondary N) is 2. The van der Waals surface area contributed by atoms with Gasteiger partial charge < -0.3 is 15.4 Å². The molecule has 0 fully saturated rings. The topological polar surface area (TPSA) is 67.4 Å². The Morgan fingerprint density at radius 1 is 1.03 bits per heavy atom. The van der Waals surface area contributed by atoms with Crippen molar-refractivity contribution in [3.8, 4) is 5.75 Å². The van der Waals surface area contributed by atoms with Crippen molar-refractivity contribution >= 4 is 17.5 Å². The van der Waals surface area contributed by atoms with Gasteiger partial charge in [-0.2, -0.15) is 13.2 Å². The van der Waals surface area contributed by atoms with Crippen LogP contribution >= 0.6 is 0 Å². The fourth-order valence-corrected chi connectivity index (χ4v) is 2.47. The highest BCUT2D eigenvalue weighted by Crippen LogP contribution is 2.20. The first-order chi connectivity index (χ1) is 13.6. The summed E-state index contributed by atoms with van der Waals surface area (Å²) in [5.74, 6) is -1.48. The number of hydrogen-bond donors (Lipinski definition) is 2. The largest absolute Gasteiger partial charge is 0.481 e. The third-order valence-corrected chi connectivity index (χ3v) is 4.13. The van der Waals surface area contributed by atoms with E-state index in [1.165, 1.54) is 6.07 Å². The lowest BCUT2D eigenvalue weighted by Gasteiger charge is -2.16. The predicted molar refractivity (Wildman–Crippen MR) is 104 cm³/mol. The molecule has 0 radical (unpaired) electrons. The highest BCUT2D eigenvalue weighted by atomic mass is 19.4. The van der Waals surface area contributed by atoms with Crippen LogP contribution < -0.4 is 15.4 Å². The van der Waals surface area contributed by atoms with Crippen molar-refractivity contribution in [2.45, 2.75) is 45.5 Å². The molecule has 8 heteroatoms. The standard InChI is InChI=1S/C21H23F3N2O3/c1-13(2)16-7-9-18(10-8-16)29-14(3)19(27)26-17-6-4-5-15(11-17)12-25-20(28)21(22,23)24/h4-11,13-14H,12H2,1-3H3,(H,25,28)(H,26,27). The minimum absolute atomic E-state index is 0.309. The minimum Gasteiger partial charge on any atom is -0.481 e. The quantitative estimate of drug-likeness (QED) is 0.714. The molecule has 1 atom stereocenters. The van der Waals surface area contributed by atoms with Crippen molar-refractivity contribution in [1.82, 2.24) is 5.32 Å². The zero-order valence-corrected chi connectivity index (χ0v) is 16.3. The fourth-order valence-electron chi connectivity index (χ4n) is 2.47. The third kappa shape index (κ3) is 6.81. The maximum atomic E-state index is 12.3. The fraction of sp³-hybridized carbons (Fsp3) is 0.333. The molecule has 0 saturated carbocycles. The Morgan fingerprint density at radius 3 is 2.28 bits per heavy atom. The van der Waals surface area contributed by atoms with Crippen molar-refractivity contribution in [2.75, 3.05) is 5.32 Å². The summed E-state index contributed by atoms with van der Waals surface area (Å²) in [6.45, 7) is 5.44. The van der Waals surface area contributed by atoms with Gasteiger partial charge in [-0.15, -0.1) is 0 Å². The van der Waals surface area contributed by atoms with E-state index in [9.17, 15) is 22.8 Å². The number of halogens is 3. The lowest BCUT2D eigenvalue weighted by atomic mass is 10.0. The molecule has 1 unspecified atom stereocenters. The molecule has 0 bridgehead atoms. The maximum Gasteiger partial charge on any atom is 0.471 e. The normalized spacial score (nSPS) is 12.4. The highest BCUT2D eigenvalue weighted by Gasteiger charge is 2.38. The first-order valence-electron chi connectivity index (χ1n) is 9.07. The molecule has 0 heterocycles. The van der Waals surface area contributed by atoms with Gasteiger partial charge in [-0.1, -0.05) is 38.1 Å². The number of carbonyl (C=O) groups excluding carboxylic acids is 2. The highest BCUT2D eigenvalue weighted by molar-refractivity contribution is 5.94. The summed E-state index contributed by atoms with van der Waals surface area (Å²) in [5.41, 5.74) is 1.96. The van der Waals surface area contributed by atoms with Gasteiger partial charge in [0, 0.05) is 12.2 Å². The van der Waals surface area contributed by atoms with Gasteiger partial charge >= 0.3 is 12.1 Å². The van der Waals surface area contributed by atoms with Crippen LogP contribution in [0.15, 0.2) is 48.5 Å². The Labute approximate surface area is 167 Å². The zero-order valence-electron chi connectivity index (χ0n) is 16.3. The smallest absolute Gasteiger partial charge is 0.471 e. The Balaban J connectivity index is 1.93. The molecule has 2 rings (SSSR count). The number of ether oxygens (including phenoxy) is 1. The second-order valence-corrected chi connectivity index (χ2v) is 6.85. The monoisotopic (exact) mass is 408 g/mol. The van der Waals surface area contributed by atoms with Gasteiger partial charge in [-0.05, 0) is 48.2 Å². The second kappa shape index (κ2) is 9.45. The zero-order chi connectivity index (χ0) is 21.6. The van der Waals surface area contributed by atoms with E-state index in [1.807, 2.05) is 12.1 Å². The first kappa shape index (κ1) is 22.3. The second-order valence-electron chi connectivity index (χ2n) is 6.85. The number of anilines is 1. The first-order valence-corrected chi connectivity index (χ1v) is 9.07. The van der Waals surface area contributed by atoms with E-state index >= 15 is 0 Å². The van der Waals surface area contributed by atoms with Crippen LogP contribution in [0, 0.1) is 0 Å². The van der Waals surface area contributed by atoms with Crippen LogP contribution in [0.25, 0.3) is 0 Å².